The minimum Gasteiger partial charge on any atom is -0.368 e. The standard InChI is InChI=1S/C16H18N4O3/c17-15(21)13-11-19(10-12-4-2-1-3-5-12)8-9-20(13)16(22)14-6-7-18-23-14/h1-7,13H,8-11H2,(H2,17,21). The van der Waals surface area contributed by atoms with Gasteiger partial charge < -0.3 is 15.2 Å². The zero-order chi connectivity index (χ0) is 16.2. The highest BCUT2D eigenvalue weighted by atomic mass is 16.5. The predicted octanol–water partition coefficient (Wildman–Crippen LogP) is 0.486. The second kappa shape index (κ2) is 6.62. The maximum atomic E-state index is 12.4. The molecule has 3 rings (SSSR count). The van der Waals surface area contributed by atoms with Gasteiger partial charge in [0.15, 0.2) is 0 Å². The Kier molecular flexibility index (Phi) is 4.38. The summed E-state index contributed by atoms with van der Waals surface area (Å²) in [6.07, 6.45) is 1.40. The molecule has 7 heteroatoms. The Morgan fingerprint density at radius 1 is 1.22 bits per heavy atom. The van der Waals surface area contributed by atoms with E-state index in [9.17, 15) is 9.59 Å². The molecule has 2 N–H and O–H groups in total. The van der Waals surface area contributed by atoms with E-state index in [-0.39, 0.29) is 11.7 Å². The summed E-state index contributed by atoms with van der Waals surface area (Å²) in [5, 5.41) is 3.53. The molecule has 23 heavy (non-hydrogen) atoms. The molecule has 0 radical (unpaired) electrons. The van der Waals surface area contributed by atoms with Crippen LogP contribution in [-0.2, 0) is 11.3 Å². The highest BCUT2D eigenvalue weighted by molar-refractivity contribution is 5.95. The molecule has 1 aliphatic heterocycles. The van der Waals surface area contributed by atoms with Crippen LogP contribution in [0.25, 0.3) is 0 Å². The monoisotopic (exact) mass is 314 g/mol. The van der Waals surface area contributed by atoms with Crippen LogP contribution in [0.2, 0.25) is 0 Å². The third kappa shape index (κ3) is 3.40. The first kappa shape index (κ1) is 15.2. The number of nitrogens with zero attached hydrogens (tertiary/aromatic N) is 3. The van der Waals surface area contributed by atoms with E-state index in [2.05, 4.69) is 10.1 Å². The molecular formula is C16H18N4O3. The fourth-order valence-corrected chi connectivity index (χ4v) is 2.78. The molecule has 1 aromatic heterocycles. The van der Waals surface area contributed by atoms with Crippen molar-refractivity contribution in [3.8, 4) is 0 Å². The number of carbonyl (C=O) groups excluding carboxylic acids is 2. The van der Waals surface area contributed by atoms with E-state index in [0.717, 1.165) is 12.1 Å². The molecule has 1 unspecified atom stereocenters. The van der Waals surface area contributed by atoms with Crippen LogP contribution in [0, 0.1) is 0 Å². The summed E-state index contributed by atoms with van der Waals surface area (Å²) in [7, 11) is 0. The van der Waals surface area contributed by atoms with Crippen LogP contribution in [0.5, 0.6) is 0 Å². The number of hydrogen-bond acceptors (Lipinski definition) is 5. The average Bonchev–Trinajstić information content (AvgIpc) is 3.09. The summed E-state index contributed by atoms with van der Waals surface area (Å²) >= 11 is 0. The molecule has 2 heterocycles. The molecule has 1 fully saturated rings. The van der Waals surface area contributed by atoms with Crippen molar-refractivity contribution in [1.29, 1.82) is 0 Å². The number of carbonyl (C=O) groups is 2. The minimum atomic E-state index is -0.676. The maximum absolute atomic E-state index is 12.4. The van der Waals surface area contributed by atoms with Gasteiger partial charge in [-0.15, -0.1) is 0 Å². The molecule has 1 saturated heterocycles. The zero-order valence-corrected chi connectivity index (χ0v) is 12.6. The number of benzene rings is 1. The summed E-state index contributed by atoms with van der Waals surface area (Å²) in [6.45, 7) is 2.21. The number of hydrogen-bond donors (Lipinski definition) is 1. The van der Waals surface area contributed by atoms with Crippen molar-refractivity contribution in [2.24, 2.45) is 5.73 Å². The molecule has 120 valence electrons. The van der Waals surface area contributed by atoms with Crippen molar-refractivity contribution in [2.45, 2.75) is 12.6 Å². The second-order valence-corrected chi connectivity index (χ2v) is 5.51. The van der Waals surface area contributed by atoms with Crippen molar-refractivity contribution in [1.82, 2.24) is 15.0 Å². The van der Waals surface area contributed by atoms with E-state index in [0.29, 0.717) is 19.6 Å². The second-order valence-electron chi connectivity index (χ2n) is 5.51. The lowest BCUT2D eigenvalue weighted by atomic mass is 10.1. The number of amides is 2. The van der Waals surface area contributed by atoms with Gasteiger partial charge in [0, 0.05) is 32.2 Å². The van der Waals surface area contributed by atoms with Gasteiger partial charge in [-0.25, -0.2) is 0 Å². The summed E-state index contributed by atoms with van der Waals surface area (Å²) < 4.78 is 4.89. The van der Waals surface area contributed by atoms with Gasteiger partial charge in [0.05, 0.1) is 6.20 Å². The molecule has 0 bridgehead atoms. The van der Waals surface area contributed by atoms with E-state index < -0.39 is 11.9 Å². The molecule has 1 aromatic carbocycles. The fourth-order valence-electron chi connectivity index (χ4n) is 2.78. The lowest BCUT2D eigenvalue weighted by Gasteiger charge is -2.39. The first-order valence-electron chi connectivity index (χ1n) is 7.42. The molecule has 1 aliphatic rings. The molecule has 0 spiro atoms. The number of primary amides is 1. The van der Waals surface area contributed by atoms with Crippen LogP contribution in [-0.4, -0.2) is 52.4 Å². The van der Waals surface area contributed by atoms with Gasteiger partial charge >= 0.3 is 0 Å². The topological polar surface area (TPSA) is 92.7 Å². The predicted molar refractivity (Wildman–Crippen MR) is 82.2 cm³/mol. The van der Waals surface area contributed by atoms with Crippen LogP contribution >= 0.6 is 0 Å². The Morgan fingerprint density at radius 2 is 2.00 bits per heavy atom. The molecule has 2 aromatic rings. The van der Waals surface area contributed by atoms with Gasteiger partial charge in [0.1, 0.15) is 6.04 Å². The molecular weight excluding hydrogens is 296 g/mol. The summed E-state index contributed by atoms with van der Waals surface area (Å²) in [6, 6.07) is 10.8. The Balaban J connectivity index is 1.71. The van der Waals surface area contributed by atoms with Gasteiger partial charge in [-0.3, -0.25) is 14.5 Å². The zero-order valence-electron chi connectivity index (χ0n) is 12.6. The minimum absolute atomic E-state index is 0.118. The number of aromatic nitrogens is 1. The van der Waals surface area contributed by atoms with E-state index in [1.54, 1.807) is 0 Å². The molecule has 2 amide bonds. The van der Waals surface area contributed by atoms with Gasteiger partial charge in [0.2, 0.25) is 11.7 Å². The Morgan fingerprint density at radius 3 is 2.65 bits per heavy atom. The molecule has 0 saturated carbocycles. The van der Waals surface area contributed by atoms with E-state index >= 15 is 0 Å². The van der Waals surface area contributed by atoms with Gasteiger partial charge in [0.25, 0.3) is 5.91 Å². The van der Waals surface area contributed by atoms with E-state index in [1.807, 2.05) is 30.3 Å². The number of piperazine rings is 1. The van der Waals surface area contributed by atoms with E-state index in [1.165, 1.54) is 17.2 Å². The van der Waals surface area contributed by atoms with Crippen molar-refractivity contribution in [3.63, 3.8) is 0 Å². The highest BCUT2D eigenvalue weighted by Gasteiger charge is 2.35. The van der Waals surface area contributed by atoms with Crippen LogP contribution in [0.3, 0.4) is 0 Å². The van der Waals surface area contributed by atoms with Crippen molar-refractivity contribution >= 4 is 11.8 Å². The SMILES string of the molecule is NC(=O)C1CN(Cc2ccccc2)CCN1C(=O)c1ccno1. The van der Waals surface area contributed by atoms with Gasteiger partial charge in [-0.1, -0.05) is 35.5 Å². The quantitative estimate of drug-likeness (QED) is 0.886. The van der Waals surface area contributed by atoms with Crippen LogP contribution < -0.4 is 5.73 Å². The maximum Gasteiger partial charge on any atom is 0.293 e. The highest BCUT2D eigenvalue weighted by Crippen LogP contribution is 2.16. The van der Waals surface area contributed by atoms with Crippen LogP contribution in [0.4, 0.5) is 0 Å². The van der Waals surface area contributed by atoms with Crippen molar-refractivity contribution < 1.29 is 14.1 Å². The van der Waals surface area contributed by atoms with Gasteiger partial charge in [-0.2, -0.15) is 0 Å². The third-order valence-electron chi connectivity index (χ3n) is 3.95. The first-order chi connectivity index (χ1) is 11.1. The largest absolute Gasteiger partial charge is 0.368 e. The van der Waals surface area contributed by atoms with Gasteiger partial charge in [-0.05, 0) is 5.56 Å². The number of nitrogens with two attached hydrogens (primary N) is 1. The molecule has 1 atom stereocenters. The Bertz CT molecular complexity index is 672. The lowest BCUT2D eigenvalue weighted by Crippen LogP contribution is -2.59. The van der Waals surface area contributed by atoms with Crippen molar-refractivity contribution in [2.75, 3.05) is 19.6 Å². The van der Waals surface area contributed by atoms with E-state index in [4.69, 9.17) is 10.3 Å². The average molecular weight is 314 g/mol. The van der Waals surface area contributed by atoms with Crippen molar-refractivity contribution in [3.05, 3.63) is 53.9 Å². The molecule has 0 aliphatic carbocycles. The number of rotatable bonds is 4. The first-order valence-corrected chi connectivity index (χ1v) is 7.42. The lowest BCUT2D eigenvalue weighted by molar-refractivity contribution is -0.124. The van der Waals surface area contributed by atoms with Crippen LogP contribution in [0.15, 0.2) is 47.1 Å². The summed E-state index contributed by atoms with van der Waals surface area (Å²) in [5.74, 6) is -0.756. The summed E-state index contributed by atoms with van der Waals surface area (Å²) in [5.41, 5.74) is 6.66. The van der Waals surface area contributed by atoms with Crippen LogP contribution in [0.1, 0.15) is 16.1 Å². The summed E-state index contributed by atoms with van der Waals surface area (Å²) in [4.78, 5) is 27.8. The molecule has 7 nitrogen and oxygen atoms in total. The Labute approximate surface area is 133 Å². The third-order valence-corrected chi connectivity index (χ3v) is 3.95. The normalized spacial score (nSPS) is 18.8. The fraction of sp³-hybridized carbons (Fsp3) is 0.312. The smallest absolute Gasteiger partial charge is 0.293 e. The Hall–Kier alpha value is -2.67.